The van der Waals surface area contributed by atoms with Crippen molar-refractivity contribution in [1.82, 2.24) is 16.0 Å². The average molecular weight is 460 g/mol. The fourth-order valence-electron chi connectivity index (χ4n) is 2.60. The van der Waals surface area contributed by atoms with Crippen molar-refractivity contribution in [3.05, 3.63) is 71.8 Å². The van der Waals surface area contributed by atoms with Gasteiger partial charge in [-0.15, -0.1) is 0 Å². The van der Waals surface area contributed by atoms with E-state index in [0.29, 0.717) is 16.4 Å². The Kier molecular flexibility index (Phi) is 10.4. The van der Waals surface area contributed by atoms with Crippen molar-refractivity contribution in [2.45, 2.75) is 19.1 Å². The van der Waals surface area contributed by atoms with Crippen LogP contribution in [0.15, 0.2) is 60.7 Å². The van der Waals surface area contributed by atoms with Crippen molar-refractivity contribution in [2.24, 2.45) is 0 Å². The molecule has 0 spiro atoms. The molecule has 0 aromatic heterocycles. The Balaban J connectivity index is 1.70. The molecular formula is C22H25N3O4S2. The smallest absolute Gasteiger partial charge is 0.407 e. The Morgan fingerprint density at radius 2 is 1.45 bits per heavy atom. The fraction of sp³-hybridized carbons (Fsp3) is 0.273. The molecule has 31 heavy (non-hydrogen) atoms. The van der Waals surface area contributed by atoms with Crippen LogP contribution in [0.5, 0.6) is 0 Å². The first-order valence-electron chi connectivity index (χ1n) is 9.60. The summed E-state index contributed by atoms with van der Waals surface area (Å²) in [4.78, 5) is 24.6. The van der Waals surface area contributed by atoms with Crippen LogP contribution in [0.4, 0.5) is 4.79 Å². The third-order valence-corrected chi connectivity index (χ3v) is 4.71. The van der Waals surface area contributed by atoms with Crippen molar-refractivity contribution >= 4 is 46.5 Å². The summed E-state index contributed by atoms with van der Waals surface area (Å²) in [7, 11) is 1.33. The summed E-state index contributed by atoms with van der Waals surface area (Å²) in [6.07, 6.45) is -0.130. The normalized spacial score (nSPS) is 11.0. The minimum absolute atomic E-state index is 0.107. The molecule has 0 heterocycles. The SMILES string of the molecule is COC(=O)C(Cc1ccccc1)NC(=S)CNC(=S)CNC(=O)OCc1ccccc1. The molecule has 2 aromatic rings. The highest BCUT2D eigenvalue weighted by Gasteiger charge is 2.20. The van der Waals surface area contributed by atoms with Gasteiger partial charge in [0.15, 0.2) is 0 Å². The number of carbonyl (C=O) groups is 2. The lowest BCUT2D eigenvalue weighted by molar-refractivity contribution is -0.142. The summed E-state index contributed by atoms with van der Waals surface area (Å²) in [5, 5.41) is 8.52. The van der Waals surface area contributed by atoms with E-state index in [2.05, 4.69) is 16.0 Å². The Morgan fingerprint density at radius 3 is 2.06 bits per heavy atom. The lowest BCUT2D eigenvalue weighted by Crippen LogP contribution is -2.47. The zero-order valence-electron chi connectivity index (χ0n) is 17.1. The van der Waals surface area contributed by atoms with Crippen LogP contribution in [-0.2, 0) is 27.3 Å². The maximum atomic E-state index is 12.1. The topological polar surface area (TPSA) is 88.7 Å². The van der Waals surface area contributed by atoms with Crippen LogP contribution in [0.2, 0.25) is 0 Å². The fourth-order valence-corrected chi connectivity index (χ4v) is 2.96. The Bertz CT molecular complexity index is 879. The second-order valence-electron chi connectivity index (χ2n) is 6.52. The standard InChI is InChI=1S/C22H25N3O4S2/c1-28-21(26)18(12-16-8-4-2-5-9-16)25-20(31)14-23-19(30)13-24-22(27)29-15-17-10-6-3-7-11-17/h2-11,18H,12-15H2,1H3,(H,23,30)(H,24,27)(H,25,31). The number of alkyl carbamates (subject to hydrolysis) is 1. The molecule has 0 aliphatic heterocycles. The molecule has 0 saturated carbocycles. The van der Waals surface area contributed by atoms with Gasteiger partial charge in [0.25, 0.3) is 0 Å². The molecule has 0 radical (unpaired) electrons. The third-order valence-electron chi connectivity index (χ3n) is 4.16. The summed E-state index contributed by atoms with van der Waals surface area (Å²) < 4.78 is 9.99. The van der Waals surface area contributed by atoms with Gasteiger partial charge in [0.05, 0.1) is 30.2 Å². The number of rotatable bonds is 10. The number of ether oxygens (including phenoxy) is 2. The molecule has 0 bridgehead atoms. The molecule has 1 amide bonds. The van der Waals surface area contributed by atoms with Crippen molar-refractivity contribution in [2.75, 3.05) is 20.2 Å². The minimum atomic E-state index is -0.610. The van der Waals surface area contributed by atoms with Crippen LogP contribution < -0.4 is 16.0 Å². The molecule has 0 saturated heterocycles. The van der Waals surface area contributed by atoms with Gasteiger partial charge in [0.1, 0.15) is 12.6 Å². The van der Waals surface area contributed by atoms with Crippen molar-refractivity contribution in [3.63, 3.8) is 0 Å². The number of amides is 1. The van der Waals surface area contributed by atoms with Crippen molar-refractivity contribution in [1.29, 1.82) is 0 Å². The second kappa shape index (κ2) is 13.3. The maximum Gasteiger partial charge on any atom is 0.407 e. The Hall–Kier alpha value is -3.04. The van der Waals surface area contributed by atoms with E-state index in [0.717, 1.165) is 11.1 Å². The van der Waals surface area contributed by atoms with Crippen LogP contribution in [0.1, 0.15) is 11.1 Å². The molecule has 7 nitrogen and oxygen atoms in total. The predicted molar refractivity (Wildman–Crippen MR) is 127 cm³/mol. The molecule has 2 rings (SSSR count). The number of nitrogens with one attached hydrogen (secondary N) is 3. The largest absolute Gasteiger partial charge is 0.467 e. The van der Waals surface area contributed by atoms with Crippen molar-refractivity contribution < 1.29 is 19.1 Å². The average Bonchev–Trinajstić information content (AvgIpc) is 2.80. The van der Waals surface area contributed by atoms with Gasteiger partial charge in [-0.25, -0.2) is 9.59 Å². The zero-order chi connectivity index (χ0) is 22.5. The van der Waals surface area contributed by atoms with E-state index in [1.807, 2.05) is 60.7 Å². The minimum Gasteiger partial charge on any atom is -0.467 e. The molecule has 0 aliphatic carbocycles. The first-order valence-corrected chi connectivity index (χ1v) is 10.4. The van der Waals surface area contributed by atoms with Gasteiger partial charge in [-0.3, -0.25) is 0 Å². The van der Waals surface area contributed by atoms with Crippen LogP contribution in [0, 0.1) is 0 Å². The van der Waals surface area contributed by atoms with Gasteiger partial charge in [0, 0.05) is 6.42 Å². The van der Waals surface area contributed by atoms with E-state index in [1.165, 1.54) is 7.11 Å². The van der Waals surface area contributed by atoms with Crippen LogP contribution >= 0.6 is 24.4 Å². The van der Waals surface area contributed by atoms with Crippen LogP contribution in [-0.4, -0.2) is 48.3 Å². The summed E-state index contributed by atoms with van der Waals surface area (Å²) in [5.74, 6) is -0.406. The number of esters is 1. The number of hydrogen-bond donors (Lipinski definition) is 3. The molecule has 1 atom stereocenters. The van der Waals surface area contributed by atoms with E-state index in [-0.39, 0.29) is 19.7 Å². The molecule has 3 N–H and O–H groups in total. The summed E-state index contributed by atoms with van der Waals surface area (Å²) >= 11 is 10.5. The van der Waals surface area contributed by atoms with E-state index in [1.54, 1.807) is 0 Å². The molecular weight excluding hydrogens is 434 g/mol. The van der Waals surface area contributed by atoms with Gasteiger partial charge in [0.2, 0.25) is 0 Å². The number of benzene rings is 2. The number of methoxy groups -OCH3 is 1. The van der Waals surface area contributed by atoms with Gasteiger partial charge >= 0.3 is 12.1 Å². The van der Waals surface area contributed by atoms with E-state index < -0.39 is 18.1 Å². The van der Waals surface area contributed by atoms with E-state index in [4.69, 9.17) is 33.9 Å². The number of carbonyl (C=O) groups excluding carboxylic acids is 2. The number of thiocarbonyl (C=S) groups is 2. The lowest BCUT2D eigenvalue weighted by Gasteiger charge is -2.19. The zero-order valence-corrected chi connectivity index (χ0v) is 18.8. The monoisotopic (exact) mass is 459 g/mol. The quantitative estimate of drug-likeness (QED) is 0.369. The second-order valence-corrected chi connectivity index (χ2v) is 7.51. The Labute approximate surface area is 192 Å². The van der Waals surface area contributed by atoms with Gasteiger partial charge in [-0.1, -0.05) is 85.1 Å². The maximum absolute atomic E-state index is 12.1. The highest BCUT2D eigenvalue weighted by molar-refractivity contribution is 7.80. The predicted octanol–water partition coefficient (Wildman–Crippen LogP) is 2.53. The molecule has 2 aromatic carbocycles. The van der Waals surface area contributed by atoms with E-state index >= 15 is 0 Å². The summed E-state index contributed by atoms with van der Waals surface area (Å²) in [5.41, 5.74) is 1.88. The number of hydrogen-bond acceptors (Lipinski definition) is 6. The molecule has 0 fully saturated rings. The molecule has 0 aliphatic rings. The highest BCUT2D eigenvalue weighted by Crippen LogP contribution is 2.05. The van der Waals surface area contributed by atoms with E-state index in [9.17, 15) is 9.59 Å². The first kappa shape index (κ1) is 24.2. The van der Waals surface area contributed by atoms with Gasteiger partial charge < -0.3 is 25.4 Å². The van der Waals surface area contributed by atoms with Gasteiger partial charge in [-0.2, -0.15) is 0 Å². The summed E-state index contributed by atoms with van der Waals surface area (Å²) in [6.45, 7) is 0.504. The molecule has 164 valence electrons. The molecule has 9 heteroatoms. The summed E-state index contributed by atoms with van der Waals surface area (Å²) in [6, 6.07) is 18.3. The van der Waals surface area contributed by atoms with Crippen molar-refractivity contribution in [3.8, 4) is 0 Å². The Morgan fingerprint density at radius 1 is 0.871 bits per heavy atom. The molecule has 1 unspecified atom stereocenters. The lowest BCUT2D eigenvalue weighted by atomic mass is 10.1. The highest BCUT2D eigenvalue weighted by atomic mass is 32.1. The van der Waals surface area contributed by atoms with Crippen LogP contribution in [0.3, 0.4) is 0 Å². The first-order chi connectivity index (χ1) is 15.0. The van der Waals surface area contributed by atoms with Gasteiger partial charge in [-0.05, 0) is 11.1 Å². The third kappa shape index (κ3) is 9.54. The van der Waals surface area contributed by atoms with Crippen LogP contribution in [0.25, 0.3) is 0 Å².